The molecule has 1 aliphatic heterocycles. The number of benzene rings is 1. The molecule has 1 heterocycles. The number of hydrogen-bond donors (Lipinski definition) is 0. The van der Waals surface area contributed by atoms with E-state index in [2.05, 4.69) is 25.2 Å². The van der Waals surface area contributed by atoms with E-state index in [1.54, 1.807) is 0 Å². The predicted octanol–water partition coefficient (Wildman–Crippen LogP) is 1.08. The van der Waals surface area contributed by atoms with Crippen LogP contribution in [0.4, 0.5) is 0 Å². The molecule has 2 atom stereocenters. The summed E-state index contributed by atoms with van der Waals surface area (Å²) in [6.45, 7) is 4.44. The van der Waals surface area contributed by atoms with Crippen molar-refractivity contribution in [3.63, 3.8) is 0 Å². The maximum absolute atomic E-state index is 11.3. The molecule has 86 valence electrons. The summed E-state index contributed by atoms with van der Waals surface area (Å²) < 4.78 is 10.2. The third kappa shape index (κ3) is 1.90. The summed E-state index contributed by atoms with van der Waals surface area (Å²) in [4.78, 5) is 11.3. The monoisotopic (exact) mass is 236 g/mol. The van der Waals surface area contributed by atoms with Gasteiger partial charge < -0.3 is 9.47 Å². The number of rotatable bonds is 3. The SMILES string of the molecule is COC(=O)[C@H]1O[C@H]1[Si](C)(C)c1ccccc1. The predicted molar refractivity (Wildman–Crippen MR) is 64.2 cm³/mol. The van der Waals surface area contributed by atoms with E-state index in [0.717, 1.165) is 0 Å². The fourth-order valence-electron chi connectivity index (χ4n) is 1.99. The lowest BCUT2D eigenvalue weighted by Crippen LogP contribution is -2.48. The van der Waals surface area contributed by atoms with Crippen molar-refractivity contribution in [3.8, 4) is 0 Å². The number of epoxide rings is 1. The summed E-state index contributed by atoms with van der Waals surface area (Å²) in [7, 11) is -0.310. The molecule has 1 aromatic carbocycles. The minimum absolute atomic E-state index is 0.0577. The van der Waals surface area contributed by atoms with Crippen molar-refractivity contribution in [3.05, 3.63) is 30.3 Å². The van der Waals surface area contributed by atoms with Crippen LogP contribution in [-0.2, 0) is 14.3 Å². The molecule has 1 fully saturated rings. The van der Waals surface area contributed by atoms with Gasteiger partial charge in [0.15, 0.2) is 6.10 Å². The minimum Gasteiger partial charge on any atom is -0.467 e. The summed E-state index contributed by atoms with van der Waals surface area (Å²) in [5.41, 5.74) is 0.0577. The molecule has 0 spiro atoms. The van der Waals surface area contributed by atoms with E-state index in [9.17, 15) is 4.79 Å². The van der Waals surface area contributed by atoms with Gasteiger partial charge in [0, 0.05) is 0 Å². The first-order valence-corrected chi connectivity index (χ1v) is 8.44. The maximum atomic E-state index is 11.3. The average Bonchev–Trinajstić information content (AvgIpc) is 3.10. The zero-order valence-electron chi connectivity index (χ0n) is 9.77. The quantitative estimate of drug-likeness (QED) is 0.448. The lowest BCUT2D eigenvalue weighted by molar-refractivity contribution is -0.142. The van der Waals surface area contributed by atoms with Crippen LogP contribution in [-0.4, -0.2) is 33.0 Å². The second kappa shape index (κ2) is 4.03. The highest BCUT2D eigenvalue weighted by molar-refractivity contribution is 6.91. The third-order valence-electron chi connectivity index (χ3n) is 3.15. The smallest absolute Gasteiger partial charge is 0.337 e. The number of ether oxygens (including phenoxy) is 2. The molecule has 0 unspecified atom stereocenters. The molecule has 0 radical (unpaired) electrons. The van der Waals surface area contributed by atoms with Crippen LogP contribution in [0.5, 0.6) is 0 Å². The van der Waals surface area contributed by atoms with Gasteiger partial charge >= 0.3 is 5.97 Å². The molecule has 0 aromatic heterocycles. The largest absolute Gasteiger partial charge is 0.467 e. The molecule has 0 bridgehead atoms. The van der Waals surface area contributed by atoms with Crippen molar-refractivity contribution in [2.45, 2.75) is 24.9 Å². The van der Waals surface area contributed by atoms with Crippen LogP contribution < -0.4 is 5.19 Å². The molecule has 0 N–H and O–H groups in total. The molecule has 0 amide bonds. The Hall–Kier alpha value is -1.13. The lowest BCUT2D eigenvalue weighted by Gasteiger charge is -2.20. The van der Waals surface area contributed by atoms with Gasteiger partial charge in [0.2, 0.25) is 0 Å². The van der Waals surface area contributed by atoms with Gasteiger partial charge in [-0.15, -0.1) is 0 Å². The molecule has 1 saturated heterocycles. The van der Waals surface area contributed by atoms with Crippen LogP contribution in [0, 0.1) is 0 Å². The highest BCUT2D eigenvalue weighted by Crippen LogP contribution is 2.31. The molecular weight excluding hydrogens is 220 g/mol. The topological polar surface area (TPSA) is 38.8 Å². The Bertz CT molecular complexity index is 389. The zero-order valence-corrected chi connectivity index (χ0v) is 10.8. The Morgan fingerprint density at radius 2 is 1.94 bits per heavy atom. The molecule has 1 aromatic rings. The summed E-state index contributed by atoms with van der Waals surface area (Å²) in [6.07, 6.45) is -0.341. The Morgan fingerprint density at radius 1 is 1.31 bits per heavy atom. The minimum atomic E-state index is -1.71. The van der Waals surface area contributed by atoms with Crippen molar-refractivity contribution < 1.29 is 14.3 Å². The van der Waals surface area contributed by atoms with Gasteiger partial charge in [0.05, 0.1) is 12.8 Å². The van der Waals surface area contributed by atoms with Gasteiger partial charge in [-0.1, -0.05) is 48.6 Å². The number of carbonyl (C=O) groups excluding carboxylic acids is 1. The first-order valence-electron chi connectivity index (χ1n) is 5.36. The Kier molecular flexibility index (Phi) is 2.86. The van der Waals surface area contributed by atoms with Crippen LogP contribution in [0.2, 0.25) is 13.1 Å². The normalized spacial score (nSPS) is 23.9. The van der Waals surface area contributed by atoms with Crippen molar-refractivity contribution in [1.82, 2.24) is 0 Å². The third-order valence-corrected chi connectivity index (χ3v) is 6.84. The first kappa shape index (κ1) is 11.4. The lowest BCUT2D eigenvalue weighted by atomic mass is 10.4. The van der Waals surface area contributed by atoms with Crippen molar-refractivity contribution in [2.75, 3.05) is 7.11 Å². The van der Waals surface area contributed by atoms with E-state index in [-0.39, 0.29) is 17.8 Å². The molecular formula is C12H16O3Si. The average molecular weight is 236 g/mol. The van der Waals surface area contributed by atoms with Crippen LogP contribution in [0.1, 0.15) is 0 Å². The second-order valence-electron chi connectivity index (χ2n) is 4.59. The number of esters is 1. The van der Waals surface area contributed by atoms with Gasteiger partial charge in [-0.25, -0.2) is 4.79 Å². The Morgan fingerprint density at radius 3 is 2.50 bits per heavy atom. The van der Waals surface area contributed by atoms with E-state index in [1.807, 2.05) is 18.2 Å². The second-order valence-corrected chi connectivity index (χ2v) is 9.18. The highest BCUT2D eigenvalue weighted by Gasteiger charge is 2.56. The molecule has 16 heavy (non-hydrogen) atoms. The van der Waals surface area contributed by atoms with Crippen molar-refractivity contribution >= 4 is 19.2 Å². The van der Waals surface area contributed by atoms with Gasteiger partial charge in [-0.2, -0.15) is 0 Å². The van der Waals surface area contributed by atoms with Crippen LogP contribution >= 0.6 is 0 Å². The number of methoxy groups -OCH3 is 1. The maximum Gasteiger partial charge on any atom is 0.337 e. The van der Waals surface area contributed by atoms with E-state index in [1.165, 1.54) is 12.3 Å². The van der Waals surface area contributed by atoms with Crippen molar-refractivity contribution in [1.29, 1.82) is 0 Å². The molecule has 1 aliphatic rings. The van der Waals surface area contributed by atoms with Crippen LogP contribution in [0.3, 0.4) is 0 Å². The highest BCUT2D eigenvalue weighted by atomic mass is 28.3. The molecule has 2 rings (SSSR count). The fourth-order valence-corrected chi connectivity index (χ4v) is 4.75. The van der Waals surface area contributed by atoms with Gasteiger partial charge in [-0.05, 0) is 0 Å². The Labute approximate surface area is 96.4 Å². The summed E-state index contributed by atoms with van der Waals surface area (Å²) in [6, 6.07) is 10.3. The standard InChI is InChI=1S/C12H16O3Si/c1-14-11(13)10-12(15-10)16(2,3)9-7-5-4-6-8-9/h4-8,10,12H,1-3H3/t10-,12+/m1/s1. The van der Waals surface area contributed by atoms with E-state index in [4.69, 9.17) is 9.47 Å². The molecule has 4 heteroatoms. The summed E-state index contributed by atoms with van der Waals surface area (Å²) in [5, 5.41) is 1.31. The van der Waals surface area contributed by atoms with Gasteiger partial charge in [-0.3, -0.25) is 0 Å². The number of hydrogen-bond acceptors (Lipinski definition) is 3. The van der Waals surface area contributed by atoms with Crippen LogP contribution in [0.15, 0.2) is 30.3 Å². The number of carbonyl (C=O) groups is 1. The fraction of sp³-hybridized carbons (Fsp3) is 0.417. The van der Waals surface area contributed by atoms with Crippen LogP contribution in [0.25, 0.3) is 0 Å². The summed E-state index contributed by atoms with van der Waals surface area (Å²) in [5.74, 6) is -0.249. The van der Waals surface area contributed by atoms with Gasteiger partial charge in [0.1, 0.15) is 8.07 Å². The van der Waals surface area contributed by atoms with E-state index < -0.39 is 8.07 Å². The van der Waals surface area contributed by atoms with E-state index >= 15 is 0 Å². The molecule has 0 aliphatic carbocycles. The zero-order chi connectivity index (χ0) is 11.8. The Balaban J connectivity index is 2.14. The van der Waals surface area contributed by atoms with Crippen molar-refractivity contribution in [2.24, 2.45) is 0 Å². The first-order chi connectivity index (χ1) is 7.57. The molecule has 0 saturated carbocycles. The van der Waals surface area contributed by atoms with Gasteiger partial charge in [0.25, 0.3) is 0 Å². The molecule has 3 nitrogen and oxygen atoms in total. The van der Waals surface area contributed by atoms with E-state index in [0.29, 0.717) is 0 Å². The summed E-state index contributed by atoms with van der Waals surface area (Å²) >= 11 is 0.